The minimum atomic E-state index is -0.829. The number of nitrogens with one attached hydrogen (secondary N) is 1. The number of hydrogen-bond donors (Lipinski definition) is 1. The molecule has 1 heterocycles. The third kappa shape index (κ3) is 4.56. The minimum Gasteiger partial charge on any atom is -0.487 e. The zero-order valence-electron chi connectivity index (χ0n) is 18.7. The number of imide groups is 2. The van der Waals surface area contributed by atoms with Crippen molar-refractivity contribution in [3.05, 3.63) is 112 Å². The van der Waals surface area contributed by atoms with Gasteiger partial charge in [0, 0.05) is 10.6 Å². The summed E-state index contributed by atoms with van der Waals surface area (Å²) in [4.78, 5) is 39.2. The first-order valence-electron chi connectivity index (χ1n) is 11.0. The lowest BCUT2D eigenvalue weighted by molar-refractivity contribution is -0.122. The second-order valence-electron chi connectivity index (χ2n) is 8.03. The predicted molar refractivity (Wildman–Crippen MR) is 140 cm³/mol. The number of ether oxygens (including phenoxy) is 1. The van der Waals surface area contributed by atoms with Crippen molar-refractivity contribution in [1.29, 1.82) is 0 Å². The molecule has 4 aromatic rings. The summed E-state index contributed by atoms with van der Waals surface area (Å²) in [5.41, 5.74) is 1.33. The molecule has 4 amide bonds. The summed E-state index contributed by atoms with van der Waals surface area (Å²) >= 11 is 12.7. The number of nitrogens with zero attached hydrogens (tertiary/aromatic N) is 1. The molecule has 0 atom stereocenters. The average molecular weight is 517 g/mol. The van der Waals surface area contributed by atoms with Gasteiger partial charge in [-0.05, 0) is 46.7 Å². The van der Waals surface area contributed by atoms with Crippen LogP contribution in [0.3, 0.4) is 0 Å². The van der Waals surface area contributed by atoms with E-state index in [2.05, 4.69) is 5.32 Å². The Kier molecular flexibility index (Phi) is 6.46. The first-order valence-corrected chi connectivity index (χ1v) is 11.7. The highest BCUT2D eigenvalue weighted by Gasteiger charge is 2.37. The van der Waals surface area contributed by atoms with Crippen molar-refractivity contribution in [3.8, 4) is 5.75 Å². The van der Waals surface area contributed by atoms with Crippen LogP contribution in [0.2, 0.25) is 10.0 Å². The van der Waals surface area contributed by atoms with Gasteiger partial charge in [-0.15, -0.1) is 0 Å². The minimum absolute atomic E-state index is 0.188. The predicted octanol–water partition coefficient (Wildman–Crippen LogP) is 6.39. The molecule has 8 heteroatoms. The molecule has 0 saturated carbocycles. The van der Waals surface area contributed by atoms with E-state index in [1.54, 1.807) is 36.4 Å². The molecule has 0 aromatic heterocycles. The van der Waals surface area contributed by atoms with Gasteiger partial charge in [0.15, 0.2) is 0 Å². The number of para-hydroxylation sites is 1. The summed E-state index contributed by atoms with van der Waals surface area (Å²) in [5, 5.41) is 4.82. The van der Waals surface area contributed by atoms with Crippen molar-refractivity contribution in [2.45, 2.75) is 6.61 Å². The van der Waals surface area contributed by atoms with E-state index in [0.717, 1.165) is 21.2 Å². The van der Waals surface area contributed by atoms with Gasteiger partial charge in [-0.25, -0.2) is 9.69 Å². The Morgan fingerprint density at radius 2 is 1.58 bits per heavy atom. The van der Waals surface area contributed by atoms with E-state index in [9.17, 15) is 14.4 Å². The molecule has 0 unspecified atom stereocenters. The van der Waals surface area contributed by atoms with E-state index < -0.39 is 17.8 Å². The van der Waals surface area contributed by atoms with Crippen LogP contribution in [0.25, 0.3) is 16.8 Å². The normalized spacial score (nSPS) is 14.9. The first kappa shape index (κ1) is 23.6. The molecular formula is C28H18Cl2N2O4. The van der Waals surface area contributed by atoms with Crippen molar-refractivity contribution in [2.24, 2.45) is 0 Å². The number of halogens is 2. The molecule has 1 aliphatic heterocycles. The molecular weight excluding hydrogens is 499 g/mol. The molecule has 36 heavy (non-hydrogen) atoms. The highest BCUT2D eigenvalue weighted by Crippen LogP contribution is 2.35. The highest BCUT2D eigenvalue weighted by molar-refractivity contribution is 6.40. The van der Waals surface area contributed by atoms with Gasteiger partial charge in [0.1, 0.15) is 17.9 Å². The molecule has 0 aliphatic carbocycles. The number of benzene rings is 4. The largest absolute Gasteiger partial charge is 0.487 e. The van der Waals surface area contributed by atoms with Crippen LogP contribution in [0.4, 0.5) is 10.5 Å². The summed E-state index contributed by atoms with van der Waals surface area (Å²) < 4.78 is 6.10. The van der Waals surface area contributed by atoms with Crippen molar-refractivity contribution in [2.75, 3.05) is 4.90 Å². The summed E-state index contributed by atoms with van der Waals surface area (Å²) in [5.74, 6) is -1.34. The van der Waals surface area contributed by atoms with Crippen molar-refractivity contribution in [1.82, 2.24) is 5.32 Å². The van der Waals surface area contributed by atoms with Gasteiger partial charge in [-0.2, -0.15) is 0 Å². The lowest BCUT2D eigenvalue weighted by Crippen LogP contribution is -2.54. The maximum Gasteiger partial charge on any atom is 0.335 e. The zero-order valence-corrected chi connectivity index (χ0v) is 20.2. The van der Waals surface area contributed by atoms with E-state index in [1.165, 1.54) is 12.1 Å². The summed E-state index contributed by atoms with van der Waals surface area (Å²) in [6.45, 7) is 0.188. The van der Waals surface area contributed by atoms with E-state index in [4.69, 9.17) is 27.9 Å². The Morgan fingerprint density at radius 3 is 2.39 bits per heavy atom. The van der Waals surface area contributed by atoms with E-state index in [0.29, 0.717) is 16.3 Å². The summed E-state index contributed by atoms with van der Waals surface area (Å²) in [7, 11) is 0. The molecule has 4 aromatic carbocycles. The Hall–Kier alpha value is -4.13. The summed E-state index contributed by atoms with van der Waals surface area (Å²) in [6, 6.07) is 24.4. The van der Waals surface area contributed by atoms with Crippen molar-refractivity contribution < 1.29 is 19.1 Å². The standard InChI is InChI=1S/C28H18Cl2N2O4/c29-20-13-19(14-23-26(33)31-28(35)32(27(23)34)21-10-2-1-3-11-21)25(24(30)15-20)36-16-18-9-6-8-17-7-4-5-12-22(17)18/h1-15H,16H2,(H,31,33,35)/b23-14+. The van der Waals surface area contributed by atoms with Crippen LogP contribution >= 0.6 is 23.2 Å². The molecule has 0 spiro atoms. The Labute approximate surface area is 216 Å². The number of fused-ring (bicyclic) bond motifs is 1. The third-order valence-electron chi connectivity index (χ3n) is 5.70. The second kappa shape index (κ2) is 9.85. The van der Waals surface area contributed by atoms with E-state index >= 15 is 0 Å². The monoisotopic (exact) mass is 516 g/mol. The number of carbonyl (C=O) groups excluding carboxylic acids is 3. The fraction of sp³-hybridized carbons (Fsp3) is 0.0357. The molecule has 178 valence electrons. The molecule has 5 rings (SSSR count). The molecule has 1 saturated heterocycles. The number of hydrogen-bond acceptors (Lipinski definition) is 4. The molecule has 1 aliphatic rings. The first-order chi connectivity index (χ1) is 17.4. The Morgan fingerprint density at radius 1 is 0.861 bits per heavy atom. The van der Waals surface area contributed by atoms with Crippen molar-refractivity contribution in [3.63, 3.8) is 0 Å². The lowest BCUT2D eigenvalue weighted by Gasteiger charge is -2.26. The maximum atomic E-state index is 13.2. The summed E-state index contributed by atoms with van der Waals surface area (Å²) in [6.07, 6.45) is 1.33. The molecule has 0 radical (unpaired) electrons. The van der Waals surface area contributed by atoms with Crippen LogP contribution in [-0.2, 0) is 16.2 Å². The Bertz CT molecular complexity index is 1540. The maximum absolute atomic E-state index is 13.2. The number of amides is 4. The van der Waals surface area contributed by atoms with Crippen LogP contribution in [0.5, 0.6) is 5.75 Å². The Balaban J connectivity index is 1.52. The molecule has 6 nitrogen and oxygen atoms in total. The smallest absolute Gasteiger partial charge is 0.335 e. The topological polar surface area (TPSA) is 75.7 Å². The van der Waals surface area contributed by atoms with E-state index in [1.807, 2.05) is 42.5 Å². The fourth-order valence-corrected chi connectivity index (χ4v) is 4.60. The lowest BCUT2D eigenvalue weighted by atomic mass is 10.0. The number of rotatable bonds is 5. The number of carbonyl (C=O) groups is 3. The van der Waals surface area contributed by atoms with Crippen LogP contribution < -0.4 is 15.0 Å². The van der Waals surface area contributed by atoms with Crippen LogP contribution in [0, 0.1) is 0 Å². The molecule has 0 bridgehead atoms. The number of anilines is 1. The van der Waals surface area contributed by atoms with Crippen LogP contribution in [0.15, 0.2) is 90.5 Å². The van der Waals surface area contributed by atoms with Crippen molar-refractivity contribution >= 4 is 63.6 Å². The molecule has 1 fully saturated rings. The second-order valence-corrected chi connectivity index (χ2v) is 8.87. The van der Waals surface area contributed by atoms with Gasteiger partial charge < -0.3 is 4.74 Å². The van der Waals surface area contributed by atoms with Gasteiger partial charge in [0.2, 0.25) is 0 Å². The van der Waals surface area contributed by atoms with Crippen LogP contribution in [0.1, 0.15) is 11.1 Å². The van der Waals surface area contributed by atoms with Gasteiger partial charge in [-0.3, -0.25) is 14.9 Å². The third-order valence-corrected chi connectivity index (χ3v) is 6.20. The number of barbiturate groups is 1. The fourth-order valence-electron chi connectivity index (χ4n) is 4.03. The highest BCUT2D eigenvalue weighted by atomic mass is 35.5. The van der Waals surface area contributed by atoms with E-state index in [-0.39, 0.29) is 23.0 Å². The SMILES string of the molecule is O=C1NC(=O)N(c2ccccc2)C(=O)/C1=C/c1cc(Cl)cc(Cl)c1OCc1cccc2ccccc12. The average Bonchev–Trinajstić information content (AvgIpc) is 2.86. The van der Waals surface area contributed by atoms with Crippen LogP contribution in [-0.4, -0.2) is 17.8 Å². The molecule has 1 N–H and O–H groups in total. The van der Waals surface area contributed by atoms with Gasteiger partial charge in [0.25, 0.3) is 11.8 Å². The van der Waals surface area contributed by atoms with Gasteiger partial charge in [0.05, 0.1) is 10.7 Å². The quantitative estimate of drug-likeness (QED) is 0.246. The van der Waals surface area contributed by atoms with Gasteiger partial charge in [-0.1, -0.05) is 83.9 Å². The zero-order chi connectivity index (χ0) is 25.2. The van der Waals surface area contributed by atoms with Gasteiger partial charge >= 0.3 is 6.03 Å². The number of urea groups is 1.